The minimum Gasteiger partial charge on any atom is -0.462 e. The van der Waals surface area contributed by atoms with Crippen LogP contribution in [0.5, 0.6) is 6.01 Å². The molecule has 0 spiro atoms. The van der Waals surface area contributed by atoms with Crippen LogP contribution in [0.25, 0.3) is 0 Å². The first-order valence-corrected chi connectivity index (χ1v) is 7.34. The summed E-state index contributed by atoms with van der Waals surface area (Å²) in [4.78, 5) is 13.0. The molecule has 1 saturated heterocycles. The average Bonchev–Trinajstić information content (AvgIpc) is 2.57. The van der Waals surface area contributed by atoms with Crippen molar-refractivity contribution in [3.05, 3.63) is 48.8 Å². The Kier molecular flexibility index (Phi) is 4.63. The molecule has 21 heavy (non-hydrogen) atoms. The van der Waals surface area contributed by atoms with Gasteiger partial charge in [0.1, 0.15) is 6.61 Å². The molecule has 1 aliphatic rings. The highest BCUT2D eigenvalue weighted by atomic mass is 16.5. The molecule has 3 rings (SSSR count). The number of hydrogen-bond donors (Lipinski definition) is 0. The van der Waals surface area contributed by atoms with Crippen molar-refractivity contribution < 1.29 is 4.74 Å². The molecule has 110 valence electrons. The SMILES string of the molecule is c1ccc(N2CCN(CCOc3ncccn3)CC2)cc1. The molecular formula is C16H20N4O. The molecule has 1 fully saturated rings. The lowest BCUT2D eigenvalue weighted by Crippen LogP contribution is -2.47. The molecule has 0 amide bonds. The Balaban J connectivity index is 1.40. The van der Waals surface area contributed by atoms with Crippen LogP contribution in [0.3, 0.4) is 0 Å². The van der Waals surface area contributed by atoms with Crippen molar-refractivity contribution in [3.8, 4) is 6.01 Å². The fraction of sp³-hybridized carbons (Fsp3) is 0.375. The fourth-order valence-electron chi connectivity index (χ4n) is 2.49. The van der Waals surface area contributed by atoms with Crippen LogP contribution in [-0.4, -0.2) is 54.2 Å². The van der Waals surface area contributed by atoms with Gasteiger partial charge in [0, 0.05) is 50.8 Å². The van der Waals surface area contributed by atoms with Gasteiger partial charge >= 0.3 is 6.01 Å². The molecule has 1 aliphatic heterocycles. The monoisotopic (exact) mass is 284 g/mol. The highest BCUT2D eigenvalue weighted by Crippen LogP contribution is 2.15. The second-order valence-corrected chi connectivity index (χ2v) is 5.04. The number of rotatable bonds is 5. The van der Waals surface area contributed by atoms with Gasteiger partial charge in [-0.3, -0.25) is 4.90 Å². The molecule has 0 bridgehead atoms. The first-order chi connectivity index (χ1) is 10.4. The van der Waals surface area contributed by atoms with E-state index in [2.05, 4.69) is 50.1 Å². The Labute approximate surface area is 125 Å². The van der Waals surface area contributed by atoms with E-state index in [1.165, 1.54) is 5.69 Å². The minimum atomic E-state index is 0.459. The lowest BCUT2D eigenvalue weighted by molar-refractivity contribution is 0.193. The molecule has 0 aliphatic carbocycles. The van der Waals surface area contributed by atoms with Crippen molar-refractivity contribution in [3.63, 3.8) is 0 Å². The molecule has 2 aromatic rings. The zero-order valence-electron chi connectivity index (χ0n) is 12.1. The Hall–Kier alpha value is -2.14. The van der Waals surface area contributed by atoms with Crippen LogP contribution in [0.2, 0.25) is 0 Å². The third kappa shape index (κ3) is 3.92. The molecule has 0 unspecified atom stereocenters. The van der Waals surface area contributed by atoms with E-state index >= 15 is 0 Å². The summed E-state index contributed by atoms with van der Waals surface area (Å²) in [6, 6.07) is 12.8. The Morgan fingerprint density at radius 1 is 0.905 bits per heavy atom. The summed E-state index contributed by atoms with van der Waals surface area (Å²) in [7, 11) is 0. The number of anilines is 1. The van der Waals surface area contributed by atoms with Gasteiger partial charge < -0.3 is 9.64 Å². The number of benzene rings is 1. The molecule has 5 heteroatoms. The molecule has 0 radical (unpaired) electrons. The Morgan fingerprint density at radius 3 is 2.33 bits per heavy atom. The van der Waals surface area contributed by atoms with E-state index in [4.69, 9.17) is 4.74 Å². The largest absolute Gasteiger partial charge is 0.462 e. The van der Waals surface area contributed by atoms with Crippen molar-refractivity contribution in [2.75, 3.05) is 44.2 Å². The topological polar surface area (TPSA) is 41.5 Å². The standard InChI is InChI=1S/C16H20N4O/c1-2-5-15(6-3-1)20-11-9-19(10-12-20)13-14-21-16-17-7-4-8-18-16/h1-8H,9-14H2. The van der Waals surface area contributed by atoms with Gasteiger partial charge in [-0.25, -0.2) is 9.97 Å². The average molecular weight is 284 g/mol. The summed E-state index contributed by atoms with van der Waals surface area (Å²) in [6.45, 7) is 5.80. The van der Waals surface area contributed by atoms with Crippen molar-refractivity contribution in [1.29, 1.82) is 0 Å². The number of para-hydroxylation sites is 1. The van der Waals surface area contributed by atoms with Crippen LogP contribution in [0.15, 0.2) is 48.8 Å². The number of ether oxygens (including phenoxy) is 1. The summed E-state index contributed by atoms with van der Waals surface area (Å²) < 4.78 is 5.54. The van der Waals surface area contributed by atoms with E-state index in [-0.39, 0.29) is 0 Å². The van der Waals surface area contributed by atoms with Crippen LogP contribution in [0.1, 0.15) is 0 Å². The van der Waals surface area contributed by atoms with E-state index in [9.17, 15) is 0 Å². The predicted molar refractivity (Wildman–Crippen MR) is 82.6 cm³/mol. The minimum absolute atomic E-state index is 0.459. The molecule has 0 N–H and O–H groups in total. The highest BCUT2D eigenvalue weighted by molar-refractivity contribution is 5.46. The van der Waals surface area contributed by atoms with Crippen LogP contribution >= 0.6 is 0 Å². The van der Waals surface area contributed by atoms with Crippen LogP contribution in [-0.2, 0) is 0 Å². The van der Waals surface area contributed by atoms with E-state index in [0.717, 1.165) is 32.7 Å². The zero-order chi connectivity index (χ0) is 14.3. The predicted octanol–water partition coefficient (Wildman–Crippen LogP) is 1.68. The van der Waals surface area contributed by atoms with Crippen LogP contribution in [0, 0.1) is 0 Å². The maximum absolute atomic E-state index is 5.54. The van der Waals surface area contributed by atoms with Gasteiger partial charge in [-0.2, -0.15) is 0 Å². The Bertz CT molecular complexity index is 524. The summed E-state index contributed by atoms with van der Waals surface area (Å²) in [5.41, 5.74) is 1.31. The van der Waals surface area contributed by atoms with Crippen LogP contribution in [0.4, 0.5) is 5.69 Å². The maximum atomic E-state index is 5.54. The maximum Gasteiger partial charge on any atom is 0.316 e. The summed E-state index contributed by atoms with van der Waals surface area (Å²) in [5, 5.41) is 0. The van der Waals surface area contributed by atoms with Crippen molar-refractivity contribution in [1.82, 2.24) is 14.9 Å². The van der Waals surface area contributed by atoms with E-state index in [0.29, 0.717) is 12.6 Å². The van der Waals surface area contributed by atoms with Crippen molar-refractivity contribution in [2.45, 2.75) is 0 Å². The molecule has 5 nitrogen and oxygen atoms in total. The van der Waals surface area contributed by atoms with Crippen molar-refractivity contribution in [2.24, 2.45) is 0 Å². The third-order valence-corrected chi connectivity index (χ3v) is 3.67. The van der Waals surface area contributed by atoms with E-state index < -0.39 is 0 Å². The second kappa shape index (κ2) is 7.04. The fourth-order valence-corrected chi connectivity index (χ4v) is 2.49. The first-order valence-electron chi connectivity index (χ1n) is 7.34. The molecule has 1 aromatic carbocycles. The Morgan fingerprint density at radius 2 is 1.62 bits per heavy atom. The van der Waals surface area contributed by atoms with Gasteiger partial charge in [-0.1, -0.05) is 18.2 Å². The lowest BCUT2D eigenvalue weighted by atomic mass is 10.2. The number of aromatic nitrogens is 2. The van der Waals surface area contributed by atoms with E-state index in [1.807, 2.05) is 0 Å². The van der Waals surface area contributed by atoms with Gasteiger partial charge in [0.2, 0.25) is 0 Å². The van der Waals surface area contributed by atoms with Crippen molar-refractivity contribution >= 4 is 5.69 Å². The second-order valence-electron chi connectivity index (χ2n) is 5.04. The number of piperazine rings is 1. The number of hydrogen-bond acceptors (Lipinski definition) is 5. The van der Waals surface area contributed by atoms with Gasteiger partial charge in [0.05, 0.1) is 0 Å². The third-order valence-electron chi connectivity index (χ3n) is 3.67. The number of nitrogens with zero attached hydrogens (tertiary/aromatic N) is 4. The van der Waals surface area contributed by atoms with Crippen LogP contribution < -0.4 is 9.64 Å². The molecule has 1 aromatic heterocycles. The summed E-state index contributed by atoms with van der Waals surface area (Å²) in [5.74, 6) is 0. The normalized spacial score (nSPS) is 15.9. The molecule has 0 saturated carbocycles. The van der Waals surface area contributed by atoms with Gasteiger partial charge in [0.15, 0.2) is 0 Å². The zero-order valence-corrected chi connectivity index (χ0v) is 12.1. The molecular weight excluding hydrogens is 264 g/mol. The van der Waals surface area contributed by atoms with Gasteiger partial charge in [0.25, 0.3) is 0 Å². The smallest absolute Gasteiger partial charge is 0.316 e. The first kappa shape index (κ1) is 13.8. The molecule has 0 atom stereocenters. The molecule has 2 heterocycles. The highest BCUT2D eigenvalue weighted by Gasteiger charge is 2.16. The summed E-state index contributed by atoms with van der Waals surface area (Å²) >= 11 is 0. The van der Waals surface area contributed by atoms with Gasteiger partial charge in [-0.05, 0) is 18.2 Å². The summed E-state index contributed by atoms with van der Waals surface area (Å²) in [6.07, 6.45) is 3.39. The van der Waals surface area contributed by atoms with Gasteiger partial charge in [-0.15, -0.1) is 0 Å². The van der Waals surface area contributed by atoms with E-state index in [1.54, 1.807) is 18.5 Å². The lowest BCUT2D eigenvalue weighted by Gasteiger charge is -2.35. The quantitative estimate of drug-likeness (QED) is 0.835.